The van der Waals surface area contributed by atoms with Crippen molar-refractivity contribution in [1.29, 1.82) is 0 Å². The van der Waals surface area contributed by atoms with Crippen LogP contribution in [0.2, 0.25) is 5.02 Å². The Morgan fingerprint density at radius 1 is 1.19 bits per heavy atom. The van der Waals surface area contributed by atoms with E-state index in [0.29, 0.717) is 37.7 Å². The third-order valence-corrected chi connectivity index (χ3v) is 5.77. The van der Waals surface area contributed by atoms with Gasteiger partial charge in [-0.05, 0) is 35.7 Å². The van der Waals surface area contributed by atoms with Crippen LogP contribution in [0.5, 0.6) is 0 Å². The highest BCUT2D eigenvalue weighted by molar-refractivity contribution is 6.30. The predicted molar refractivity (Wildman–Crippen MR) is 117 cm³/mol. The average molecular weight is 470 g/mol. The smallest absolute Gasteiger partial charge is 0.383 e. The molecule has 9 heteroatoms. The van der Waals surface area contributed by atoms with E-state index in [2.05, 4.69) is 10.6 Å². The van der Waals surface area contributed by atoms with Gasteiger partial charge in [0.15, 0.2) is 0 Å². The predicted octanol–water partition coefficient (Wildman–Crippen LogP) is 3.85. The minimum atomic E-state index is -4.40. The zero-order valence-electron chi connectivity index (χ0n) is 17.8. The number of carbonyl (C=O) groups excluding carboxylic acids is 1. The summed E-state index contributed by atoms with van der Waals surface area (Å²) in [6, 6.07) is 12.4. The summed E-state index contributed by atoms with van der Waals surface area (Å²) in [5.41, 5.74) is 0.557. The molecule has 32 heavy (non-hydrogen) atoms. The van der Waals surface area contributed by atoms with Crippen molar-refractivity contribution in [3.63, 3.8) is 0 Å². The molecule has 1 aliphatic rings. The molecule has 3 rings (SSSR count). The summed E-state index contributed by atoms with van der Waals surface area (Å²) in [5, 5.41) is 6.72. The zero-order chi connectivity index (χ0) is 23.1. The van der Waals surface area contributed by atoms with Crippen LogP contribution in [0.4, 0.5) is 13.2 Å². The van der Waals surface area contributed by atoms with Crippen molar-refractivity contribution in [1.82, 2.24) is 15.5 Å². The van der Waals surface area contributed by atoms with E-state index in [1.54, 1.807) is 25.3 Å². The van der Waals surface area contributed by atoms with Gasteiger partial charge in [0, 0.05) is 44.4 Å². The monoisotopic (exact) mass is 469 g/mol. The summed E-state index contributed by atoms with van der Waals surface area (Å²) >= 11 is 5.97. The lowest BCUT2D eigenvalue weighted by molar-refractivity contribution is -0.138. The van der Waals surface area contributed by atoms with Crippen molar-refractivity contribution >= 4 is 17.5 Å². The van der Waals surface area contributed by atoms with Crippen molar-refractivity contribution in [3.8, 4) is 0 Å². The topological polar surface area (TPSA) is 53.6 Å². The zero-order valence-corrected chi connectivity index (χ0v) is 18.5. The molecule has 0 unspecified atom stereocenters. The first-order chi connectivity index (χ1) is 15.3. The molecule has 0 aliphatic carbocycles. The minimum Gasteiger partial charge on any atom is -0.383 e. The third kappa shape index (κ3) is 6.68. The number of nitrogens with zero attached hydrogens (tertiary/aromatic N) is 1. The fourth-order valence-corrected chi connectivity index (χ4v) is 4.05. The molecule has 1 amide bonds. The second-order valence-corrected chi connectivity index (χ2v) is 8.26. The average Bonchev–Trinajstić information content (AvgIpc) is 3.16. The molecule has 2 atom stereocenters. The lowest BCUT2D eigenvalue weighted by Crippen LogP contribution is -2.43. The standard InChI is InChI=1S/C23H27ClF3N3O2/c1-32-11-10-28-22(31)21-12-19(15-30(21)14-16-6-8-18(24)9-7-16)29-13-17-4-2-3-5-20(17)23(25,26)27/h2-9,19,21,29H,10-15H2,1H3,(H,28,31)/t19-,21+/m1/s1. The molecule has 2 aromatic rings. The second-order valence-electron chi connectivity index (χ2n) is 7.82. The number of rotatable bonds is 9. The Balaban J connectivity index is 1.68. The molecule has 0 spiro atoms. The number of methoxy groups -OCH3 is 1. The molecule has 174 valence electrons. The number of benzene rings is 2. The molecular weight excluding hydrogens is 443 g/mol. The molecule has 5 nitrogen and oxygen atoms in total. The van der Waals surface area contributed by atoms with Crippen LogP contribution in [0.3, 0.4) is 0 Å². The maximum Gasteiger partial charge on any atom is 0.416 e. The van der Waals surface area contributed by atoms with E-state index >= 15 is 0 Å². The lowest BCUT2D eigenvalue weighted by Gasteiger charge is -2.23. The van der Waals surface area contributed by atoms with Crippen molar-refractivity contribution in [3.05, 3.63) is 70.2 Å². The Hall–Kier alpha value is -2.13. The Bertz CT molecular complexity index is 893. The van der Waals surface area contributed by atoms with E-state index in [4.69, 9.17) is 16.3 Å². The first-order valence-corrected chi connectivity index (χ1v) is 10.8. The van der Waals surface area contributed by atoms with Crippen molar-refractivity contribution in [2.75, 3.05) is 26.8 Å². The summed E-state index contributed by atoms with van der Waals surface area (Å²) in [7, 11) is 1.56. The van der Waals surface area contributed by atoms with Gasteiger partial charge >= 0.3 is 6.18 Å². The van der Waals surface area contributed by atoms with Crippen molar-refractivity contribution < 1.29 is 22.7 Å². The van der Waals surface area contributed by atoms with Crippen LogP contribution in [0.15, 0.2) is 48.5 Å². The quantitative estimate of drug-likeness (QED) is 0.548. The van der Waals surface area contributed by atoms with Crippen LogP contribution in [-0.4, -0.2) is 49.7 Å². The first-order valence-electron chi connectivity index (χ1n) is 10.4. The Morgan fingerprint density at radius 3 is 2.59 bits per heavy atom. The fraction of sp³-hybridized carbons (Fsp3) is 0.435. The molecule has 1 saturated heterocycles. The molecular formula is C23H27ClF3N3O2. The number of hydrogen-bond acceptors (Lipinski definition) is 4. The molecule has 0 radical (unpaired) electrons. The van der Waals surface area contributed by atoms with E-state index in [1.807, 2.05) is 17.0 Å². The molecule has 1 aliphatic heterocycles. The SMILES string of the molecule is COCCNC(=O)[C@@H]1C[C@@H](NCc2ccccc2C(F)(F)F)CN1Cc1ccc(Cl)cc1. The van der Waals surface area contributed by atoms with Crippen LogP contribution < -0.4 is 10.6 Å². The highest BCUT2D eigenvalue weighted by Gasteiger charge is 2.37. The van der Waals surface area contributed by atoms with Gasteiger partial charge in [0.25, 0.3) is 0 Å². The van der Waals surface area contributed by atoms with Crippen LogP contribution >= 0.6 is 11.6 Å². The van der Waals surface area contributed by atoms with E-state index in [1.165, 1.54) is 12.1 Å². The van der Waals surface area contributed by atoms with Gasteiger partial charge in [-0.1, -0.05) is 41.9 Å². The summed E-state index contributed by atoms with van der Waals surface area (Å²) in [6.07, 6.45) is -3.90. The van der Waals surface area contributed by atoms with Gasteiger partial charge < -0.3 is 15.4 Å². The number of carbonyl (C=O) groups is 1. The Kier molecular flexibility index (Phi) is 8.53. The number of halogens is 4. The molecule has 0 bridgehead atoms. The van der Waals surface area contributed by atoms with Gasteiger partial charge in [0.05, 0.1) is 18.2 Å². The van der Waals surface area contributed by atoms with Gasteiger partial charge in [0.2, 0.25) is 5.91 Å². The molecule has 1 heterocycles. The number of ether oxygens (including phenoxy) is 1. The van der Waals surface area contributed by atoms with Crippen molar-refractivity contribution in [2.24, 2.45) is 0 Å². The van der Waals surface area contributed by atoms with Gasteiger partial charge in [-0.25, -0.2) is 0 Å². The largest absolute Gasteiger partial charge is 0.416 e. The van der Waals surface area contributed by atoms with E-state index < -0.39 is 17.8 Å². The number of amides is 1. The molecule has 1 fully saturated rings. The summed E-state index contributed by atoms with van der Waals surface area (Å²) in [4.78, 5) is 14.8. The third-order valence-electron chi connectivity index (χ3n) is 5.51. The first kappa shape index (κ1) is 24.5. The van der Waals surface area contributed by atoms with Gasteiger partial charge in [-0.15, -0.1) is 0 Å². The normalized spacial score (nSPS) is 19.3. The molecule has 0 aromatic heterocycles. The maximum absolute atomic E-state index is 13.3. The van der Waals surface area contributed by atoms with E-state index in [0.717, 1.165) is 11.6 Å². The highest BCUT2D eigenvalue weighted by atomic mass is 35.5. The highest BCUT2D eigenvalue weighted by Crippen LogP contribution is 2.32. The number of alkyl halides is 3. The molecule has 2 N–H and O–H groups in total. The number of nitrogens with one attached hydrogen (secondary N) is 2. The maximum atomic E-state index is 13.3. The fourth-order valence-electron chi connectivity index (χ4n) is 3.92. The number of hydrogen-bond donors (Lipinski definition) is 2. The Morgan fingerprint density at radius 2 is 1.91 bits per heavy atom. The van der Waals surface area contributed by atoms with Crippen LogP contribution in [0.1, 0.15) is 23.1 Å². The van der Waals surface area contributed by atoms with E-state index in [-0.39, 0.29) is 24.1 Å². The lowest BCUT2D eigenvalue weighted by atomic mass is 10.1. The van der Waals surface area contributed by atoms with Crippen LogP contribution in [-0.2, 0) is 28.8 Å². The van der Waals surface area contributed by atoms with Gasteiger partial charge in [-0.3, -0.25) is 9.69 Å². The second kappa shape index (κ2) is 11.1. The van der Waals surface area contributed by atoms with Crippen LogP contribution in [0, 0.1) is 0 Å². The van der Waals surface area contributed by atoms with Crippen molar-refractivity contribution in [2.45, 2.75) is 37.8 Å². The van der Waals surface area contributed by atoms with Crippen LogP contribution in [0.25, 0.3) is 0 Å². The van der Waals surface area contributed by atoms with E-state index in [9.17, 15) is 18.0 Å². The minimum absolute atomic E-state index is 0.0765. The number of likely N-dealkylation sites (tertiary alicyclic amines) is 1. The van der Waals surface area contributed by atoms with Gasteiger partial charge in [-0.2, -0.15) is 13.2 Å². The molecule has 0 saturated carbocycles. The molecule has 2 aromatic carbocycles. The summed E-state index contributed by atoms with van der Waals surface area (Å²) < 4.78 is 44.9. The summed E-state index contributed by atoms with van der Waals surface area (Å²) in [5.74, 6) is -0.115. The van der Waals surface area contributed by atoms with Gasteiger partial charge in [0.1, 0.15) is 0 Å². The summed E-state index contributed by atoms with van der Waals surface area (Å²) in [6.45, 7) is 1.96. The Labute approximate surface area is 190 Å².